The van der Waals surface area contributed by atoms with Gasteiger partial charge in [0.1, 0.15) is 11.6 Å². The Balaban J connectivity index is 1.84. The first kappa shape index (κ1) is 13.0. The Hall–Kier alpha value is -1.96. The lowest BCUT2D eigenvalue weighted by molar-refractivity contribution is -0.120. The summed E-state index contributed by atoms with van der Waals surface area (Å²) in [5.41, 5.74) is 2.91. The molecule has 2 aromatic rings. The molecule has 2 heteroatoms. The maximum Gasteiger partial charge on any atom is 0.144 e. The van der Waals surface area contributed by atoms with E-state index in [-0.39, 0.29) is 23.9 Å². The molecular formula is C18H17FO. The predicted molar refractivity (Wildman–Crippen MR) is 77.2 cm³/mol. The number of carbonyl (C=O) groups is 1. The van der Waals surface area contributed by atoms with Gasteiger partial charge in [0.25, 0.3) is 0 Å². The fraction of sp³-hybridized carbons (Fsp3) is 0.278. The van der Waals surface area contributed by atoms with Crippen molar-refractivity contribution >= 4 is 5.78 Å². The van der Waals surface area contributed by atoms with E-state index < -0.39 is 0 Å². The van der Waals surface area contributed by atoms with Crippen molar-refractivity contribution in [3.8, 4) is 0 Å². The Morgan fingerprint density at radius 3 is 2.70 bits per heavy atom. The largest absolute Gasteiger partial charge is 0.299 e. The fourth-order valence-corrected chi connectivity index (χ4v) is 3.04. The van der Waals surface area contributed by atoms with Crippen LogP contribution in [0.2, 0.25) is 0 Å². The molecule has 0 amide bonds. The number of hydrogen-bond acceptors (Lipinski definition) is 1. The topological polar surface area (TPSA) is 17.1 Å². The molecule has 0 saturated heterocycles. The first-order chi connectivity index (χ1) is 9.75. The van der Waals surface area contributed by atoms with Gasteiger partial charge in [-0.25, -0.2) is 4.39 Å². The van der Waals surface area contributed by atoms with E-state index in [0.717, 1.165) is 24.8 Å². The van der Waals surface area contributed by atoms with Gasteiger partial charge in [-0.15, -0.1) is 0 Å². The Labute approximate surface area is 118 Å². The maximum atomic E-state index is 13.7. The molecule has 2 aromatic carbocycles. The molecule has 0 saturated carbocycles. The minimum atomic E-state index is -0.287. The zero-order valence-electron chi connectivity index (χ0n) is 11.3. The molecule has 1 aliphatic carbocycles. The van der Waals surface area contributed by atoms with Crippen LogP contribution in [-0.2, 0) is 17.6 Å². The smallest absolute Gasteiger partial charge is 0.144 e. The second-order valence-corrected chi connectivity index (χ2v) is 5.38. The van der Waals surface area contributed by atoms with Gasteiger partial charge in [0.2, 0.25) is 0 Å². The molecule has 0 N–H and O–H groups in total. The van der Waals surface area contributed by atoms with E-state index in [0.29, 0.717) is 5.56 Å². The molecule has 20 heavy (non-hydrogen) atoms. The van der Waals surface area contributed by atoms with Crippen LogP contribution in [-0.4, -0.2) is 5.78 Å². The van der Waals surface area contributed by atoms with Crippen molar-refractivity contribution in [1.29, 1.82) is 0 Å². The average molecular weight is 268 g/mol. The normalized spacial score (nSPS) is 17.6. The maximum absolute atomic E-state index is 13.7. The Morgan fingerprint density at radius 1 is 1.10 bits per heavy atom. The van der Waals surface area contributed by atoms with Gasteiger partial charge < -0.3 is 0 Å². The van der Waals surface area contributed by atoms with Crippen molar-refractivity contribution < 1.29 is 9.18 Å². The molecule has 1 unspecified atom stereocenters. The number of fused-ring (bicyclic) bond motifs is 1. The predicted octanol–water partition coefficient (Wildman–Crippen LogP) is 4.06. The molecule has 0 aliphatic heterocycles. The molecule has 0 heterocycles. The molecular weight excluding hydrogens is 251 g/mol. The van der Waals surface area contributed by atoms with Gasteiger partial charge in [-0.3, -0.25) is 4.79 Å². The SMILES string of the molecule is O=C(Cc1ccccc1F)C1CCCc2ccccc21. The summed E-state index contributed by atoms with van der Waals surface area (Å²) in [6, 6.07) is 14.7. The van der Waals surface area contributed by atoms with Crippen LogP contribution in [0.1, 0.15) is 35.4 Å². The molecule has 0 aromatic heterocycles. The summed E-state index contributed by atoms with van der Waals surface area (Å²) >= 11 is 0. The summed E-state index contributed by atoms with van der Waals surface area (Å²) in [6.45, 7) is 0. The number of carbonyl (C=O) groups excluding carboxylic acids is 1. The second-order valence-electron chi connectivity index (χ2n) is 5.38. The lowest BCUT2D eigenvalue weighted by Gasteiger charge is -2.24. The van der Waals surface area contributed by atoms with Gasteiger partial charge in [0, 0.05) is 12.3 Å². The summed E-state index contributed by atoms with van der Waals surface area (Å²) < 4.78 is 13.7. The van der Waals surface area contributed by atoms with Crippen LogP contribution in [0.4, 0.5) is 4.39 Å². The van der Waals surface area contributed by atoms with Gasteiger partial charge in [0.05, 0.1) is 0 Å². The van der Waals surface area contributed by atoms with E-state index in [2.05, 4.69) is 6.07 Å². The van der Waals surface area contributed by atoms with Crippen molar-refractivity contribution in [1.82, 2.24) is 0 Å². The van der Waals surface area contributed by atoms with Crippen molar-refractivity contribution in [3.63, 3.8) is 0 Å². The average Bonchev–Trinajstić information content (AvgIpc) is 2.49. The first-order valence-corrected chi connectivity index (χ1v) is 7.09. The summed E-state index contributed by atoms with van der Waals surface area (Å²) in [7, 11) is 0. The number of ketones is 1. The summed E-state index contributed by atoms with van der Waals surface area (Å²) in [5.74, 6) is -0.230. The van der Waals surface area contributed by atoms with Gasteiger partial charge in [0.15, 0.2) is 0 Å². The zero-order valence-corrected chi connectivity index (χ0v) is 11.3. The zero-order chi connectivity index (χ0) is 13.9. The molecule has 1 aliphatic rings. The number of benzene rings is 2. The van der Waals surface area contributed by atoms with Crippen molar-refractivity contribution in [3.05, 3.63) is 71.0 Å². The van der Waals surface area contributed by atoms with Gasteiger partial charge in [-0.1, -0.05) is 42.5 Å². The second kappa shape index (κ2) is 5.58. The van der Waals surface area contributed by atoms with Crippen LogP contribution in [0.3, 0.4) is 0 Å². The van der Waals surface area contributed by atoms with Crippen LogP contribution >= 0.6 is 0 Å². The van der Waals surface area contributed by atoms with E-state index in [4.69, 9.17) is 0 Å². The van der Waals surface area contributed by atoms with E-state index >= 15 is 0 Å². The highest BCUT2D eigenvalue weighted by Gasteiger charge is 2.26. The lowest BCUT2D eigenvalue weighted by Crippen LogP contribution is -2.20. The third-order valence-corrected chi connectivity index (χ3v) is 4.08. The molecule has 0 spiro atoms. The van der Waals surface area contributed by atoms with E-state index in [9.17, 15) is 9.18 Å². The van der Waals surface area contributed by atoms with Crippen LogP contribution in [0, 0.1) is 5.82 Å². The highest BCUT2D eigenvalue weighted by molar-refractivity contribution is 5.88. The van der Waals surface area contributed by atoms with Gasteiger partial charge in [-0.05, 0) is 42.0 Å². The number of Topliss-reactive ketones (excluding diaryl/α,β-unsaturated/α-hetero) is 1. The lowest BCUT2D eigenvalue weighted by atomic mass is 9.79. The number of aryl methyl sites for hydroxylation is 1. The van der Waals surface area contributed by atoms with Crippen molar-refractivity contribution in [2.24, 2.45) is 0 Å². The van der Waals surface area contributed by atoms with Crippen molar-refractivity contribution in [2.45, 2.75) is 31.6 Å². The van der Waals surface area contributed by atoms with Gasteiger partial charge in [-0.2, -0.15) is 0 Å². The highest BCUT2D eigenvalue weighted by atomic mass is 19.1. The Bertz CT molecular complexity index is 633. The molecule has 0 radical (unpaired) electrons. The number of hydrogen-bond donors (Lipinski definition) is 0. The van der Waals surface area contributed by atoms with E-state index in [1.165, 1.54) is 11.6 Å². The molecule has 0 fully saturated rings. The van der Waals surface area contributed by atoms with Crippen LogP contribution in [0.25, 0.3) is 0 Å². The molecule has 1 atom stereocenters. The molecule has 3 rings (SSSR count). The summed E-state index contributed by atoms with van der Waals surface area (Å²) in [4.78, 5) is 12.5. The fourth-order valence-electron chi connectivity index (χ4n) is 3.04. The van der Waals surface area contributed by atoms with E-state index in [1.807, 2.05) is 18.2 Å². The van der Waals surface area contributed by atoms with E-state index in [1.54, 1.807) is 18.2 Å². The highest BCUT2D eigenvalue weighted by Crippen LogP contribution is 2.33. The molecule has 0 bridgehead atoms. The monoisotopic (exact) mass is 268 g/mol. The van der Waals surface area contributed by atoms with Crippen LogP contribution in [0.5, 0.6) is 0 Å². The molecule has 1 nitrogen and oxygen atoms in total. The minimum Gasteiger partial charge on any atom is -0.299 e. The molecule has 102 valence electrons. The summed E-state index contributed by atoms with van der Waals surface area (Å²) in [6.07, 6.45) is 3.14. The van der Waals surface area contributed by atoms with Crippen LogP contribution in [0.15, 0.2) is 48.5 Å². The quantitative estimate of drug-likeness (QED) is 0.820. The number of rotatable bonds is 3. The standard InChI is InChI=1S/C18H17FO/c19-17-11-4-2-7-14(17)12-18(20)16-10-5-8-13-6-1-3-9-15(13)16/h1-4,6-7,9,11,16H,5,8,10,12H2. The van der Waals surface area contributed by atoms with Crippen LogP contribution < -0.4 is 0 Å². The van der Waals surface area contributed by atoms with Crippen molar-refractivity contribution in [2.75, 3.05) is 0 Å². The summed E-state index contributed by atoms with van der Waals surface area (Å²) in [5, 5.41) is 0. The van der Waals surface area contributed by atoms with Gasteiger partial charge >= 0.3 is 0 Å². The Kier molecular flexibility index (Phi) is 3.64. The Morgan fingerprint density at radius 2 is 1.85 bits per heavy atom. The third-order valence-electron chi connectivity index (χ3n) is 4.08. The minimum absolute atomic E-state index is 0.0699. The third kappa shape index (κ3) is 2.51. The number of halogens is 1. The first-order valence-electron chi connectivity index (χ1n) is 7.09.